The van der Waals surface area contributed by atoms with Crippen LogP contribution in [-0.2, 0) is 15.8 Å². The van der Waals surface area contributed by atoms with E-state index in [1.165, 1.54) is 0 Å². The quantitative estimate of drug-likeness (QED) is 0.782. The van der Waals surface area contributed by atoms with E-state index in [0.717, 1.165) is 23.8 Å². The first-order valence-electron chi connectivity index (χ1n) is 7.93. The number of sulfonamides is 1. The van der Waals surface area contributed by atoms with Gasteiger partial charge in [-0.25, -0.2) is 12.7 Å². The van der Waals surface area contributed by atoms with E-state index in [1.807, 2.05) is 24.4 Å². The summed E-state index contributed by atoms with van der Waals surface area (Å²) in [6.45, 7) is 1.03. The van der Waals surface area contributed by atoms with Crippen LogP contribution < -0.4 is 0 Å². The van der Waals surface area contributed by atoms with Gasteiger partial charge in [-0.2, -0.15) is 5.10 Å². The van der Waals surface area contributed by atoms with Gasteiger partial charge in [0.2, 0.25) is 10.0 Å². The zero-order valence-electron chi connectivity index (χ0n) is 13.1. The van der Waals surface area contributed by atoms with Gasteiger partial charge in [-0.15, -0.1) is 0 Å². The van der Waals surface area contributed by atoms with Gasteiger partial charge in [0.05, 0.1) is 6.20 Å². The molecule has 1 aliphatic heterocycles. The Morgan fingerprint density at radius 2 is 2.21 bits per heavy atom. The Bertz CT molecular complexity index is 933. The van der Waals surface area contributed by atoms with Crippen LogP contribution >= 0.6 is 0 Å². The third-order valence-corrected chi connectivity index (χ3v) is 6.30. The first kappa shape index (κ1) is 15.3. The van der Waals surface area contributed by atoms with E-state index in [4.69, 9.17) is 4.52 Å². The van der Waals surface area contributed by atoms with E-state index in [1.54, 1.807) is 16.6 Å². The number of fused-ring (bicyclic) bond motifs is 1. The number of aromatic nitrogens is 3. The Hall–Kier alpha value is -2.19. The highest BCUT2D eigenvalue weighted by molar-refractivity contribution is 7.88. The van der Waals surface area contributed by atoms with Gasteiger partial charge in [-0.1, -0.05) is 17.3 Å². The van der Waals surface area contributed by atoms with Gasteiger partial charge in [0.15, 0.2) is 5.58 Å². The van der Waals surface area contributed by atoms with Gasteiger partial charge in [0, 0.05) is 30.6 Å². The number of rotatable bonds is 4. The Morgan fingerprint density at radius 3 is 3.04 bits per heavy atom. The fourth-order valence-electron chi connectivity index (χ4n) is 3.26. The fraction of sp³-hybridized carbons (Fsp3) is 0.375. The lowest BCUT2D eigenvalue weighted by molar-refractivity contribution is 0.315. The molecule has 0 bridgehead atoms. The lowest BCUT2D eigenvalue weighted by Gasteiger charge is -2.31. The molecule has 8 heteroatoms. The van der Waals surface area contributed by atoms with Crippen molar-refractivity contribution in [3.05, 3.63) is 47.9 Å². The number of aromatic amines is 1. The number of hydrogen-bond donors (Lipinski definition) is 1. The molecule has 3 aromatic rings. The second-order valence-electron chi connectivity index (χ2n) is 6.11. The third kappa shape index (κ3) is 2.83. The maximum Gasteiger partial charge on any atom is 0.220 e. The average molecular weight is 346 g/mol. The number of hydrogen-bond acceptors (Lipinski definition) is 5. The Balaban J connectivity index is 1.56. The van der Waals surface area contributed by atoms with Crippen molar-refractivity contribution in [2.24, 2.45) is 0 Å². The molecule has 2 aromatic heterocycles. The van der Waals surface area contributed by atoms with Crippen LogP contribution in [0.25, 0.3) is 11.0 Å². The summed E-state index contributed by atoms with van der Waals surface area (Å²) >= 11 is 0. The molecule has 1 saturated heterocycles. The van der Waals surface area contributed by atoms with E-state index in [2.05, 4.69) is 15.4 Å². The van der Waals surface area contributed by atoms with E-state index in [-0.39, 0.29) is 11.7 Å². The molecule has 4 rings (SSSR count). The topological polar surface area (TPSA) is 92.1 Å². The van der Waals surface area contributed by atoms with Gasteiger partial charge in [0.25, 0.3) is 0 Å². The van der Waals surface area contributed by atoms with Gasteiger partial charge in [-0.05, 0) is 30.5 Å². The van der Waals surface area contributed by atoms with Gasteiger partial charge < -0.3 is 4.52 Å². The largest absolute Gasteiger partial charge is 0.356 e. The van der Waals surface area contributed by atoms with Crippen LogP contribution in [0.15, 0.2) is 41.2 Å². The van der Waals surface area contributed by atoms with Gasteiger partial charge in [0.1, 0.15) is 11.4 Å². The minimum Gasteiger partial charge on any atom is -0.356 e. The van der Waals surface area contributed by atoms with E-state index in [0.29, 0.717) is 24.4 Å². The molecule has 0 spiro atoms. The summed E-state index contributed by atoms with van der Waals surface area (Å²) in [5.41, 5.74) is 2.13. The summed E-state index contributed by atoms with van der Waals surface area (Å²) in [7, 11) is -3.44. The number of piperidine rings is 1. The highest BCUT2D eigenvalue weighted by Gasteiger charge is 2.31. The highest BCUT2D eigenvalue weighted by atomic mass is 32.2. The summed E-state index contributed by atoms with van der Waals surface area (Å²) in [6, 6.07) is 7.31. The normalized spacial score (nSPS) is 19.8. The highest BCUT2D eigenvalue weighted by Crippen LogP contribution is 2.29. The second-order valence-corrected chi connectivity index (χ2v) is 8.08. The molecule has 1 aromatic carbocycles. The molecule has 0 radical (unpaired) electrons. The Morgan fingerprint density at radius 1 is 1.33 bits per heavy atom. The summed E-state index contributed by atoms with van der Waals surface area (Å²) < 4.78 is 32.4. The molecule has 0 saturated carbocycles. The Kier molecular flexibility index (Phi) is 3.85. The lowest BCUT2D eigenvalue weighted by Crippen LogP contribution is -2.39. The van der Waals surface area contributed by atoms with Crippen molar-refractivity contribution in [3.8, 4) is 0 Å². The van der Waals surface area contributed by atoms with Crippen molar-refractivity contribution in [1.29, 1.82) is 0 Å². The van der Waals surface area contributed by atoms with Crippen LogP contribution in [0.1, 0.15) is 30.0 Å². The predicted molar refractivity (Wildman–Crippen MR) is 88.8 cm³/mol. The summed E-state index contributed by atoms with van der Waals surface area (Å²) in [4.78, 5) is 0. The molecule has 126 valence electrons. The molecule has 1 N–H and O–H groups in total. The number of nitrogens with one attached hydrogen (secondary N) is 1. The molecule has 1 atom stereocenters. The number of H-pyrrole nitrogens is 1. The smallest absolute Gasteiger partial charge is 0.220 e. The SMILES string of the molecule is O=S(=O)(Cc1noc2ccccc12)N1CCC[C@@H](c2cn[nH]c2)C1. The Labute approximate surface area is 139 Å². The number of nitrogens with zero attached hydrogens (tertiary/aromatic N) is 3. The first-order chi connectivity index (χ1) is 11.6. The van der Waals surface area contributed by atoms with E-state index < -0.39 is 10.0 Å². The van der Waals surface area contributed by atoms with Crippen molar-refractivity contribution in [2.45, 2.75) is 24.5 Å². The van der Waals surface area contributed by atoms with E-state index >= 15 is 0 Å². The molecule has 3 heterocycles. The minimum atomic E-state index is -3.44. The standard InChI is InChI=1S/C16H18N4O3S/c21-24(22,11-15-14-5-1-2-6-16(14)23-19-15)20-7-3-4-12(10-20)13-8-17-18-9-13/h1-2,5-6,8-9,12H,3-4,7,10-11H2,(H,17,18)/t12-/m1/s1. The van der Waals surface area contributed by atoms with Crippen LogP contribution in [0.4, 0.5) is 0 Å². The zero-order chi connectivity index (χ0) is 16.6. The molecule has 0 amide bonds. The van der Waals surface area contributed by atoms with E-state index in [9.17, 15) is 8.42 Å². The molecule has 1 aliphatic rings. The molecular weight excluding hydrogens is 328 g/mol. The van der Waals surface area contributed by atoms with Crippen LogP contribution in [0.5, 0.6) is 0 Å². The van der Waals surface area contributed by atoms with Crippen molar-refractivity contribution >= 4 is 21.0 Å². The average Bonchev–Trinajstić information content (AvgIpc) is 3.25. The predicted octanol–water partition coefficient (Wildman–Crippen LogP) is 2.26. The lowest BCUT2D eigenvalue weighted by atomic mass is 9.94. The number of benzene rings is 1. The van der Waals surface area contributed by atoms with Crippen LogP contribution in [0, 0.1) is 0 Å². The maximum absolute atomic E-state index is 12.8. The maximum atomic E-state index is 12.8. The monoisotopic (exact) mass is 346 g/mol. The first-order valence-corrected chi connectivity index (χ1v) is 9.54. The zero-order valence-corrected chi connectivity index (χ0v) is 13.9. The molecule has 24 heavy (non-hydrogen) atoms. The van der Waals surface area contributed by atoms with Gasteiger partial charge >= 0.3 is 0 Å². The van der Waals surface area contributed by atoms with Crippen molar-refractivity contribution in [2.75, 3.05) is 13.1 Å². The van der Waals surface area contributed by atoms with Crippen LogP contribution in [-0.4, -0.2) is 41.2 Å². The minimum absolute atomic E-state index is 0.137. The molecular formula is C16H18N4O3S. The summed E-state index contributed by atoms with van der Waals surface area (Å²) in [5, 5.41) is 11.5. The number of para-hydroxylation sites is 1. The third-order valence-electron chi connectivity index (χ3n) is 4.54. The molecule has 0 aliphatic carbocycles. The van der Waals surface area contributed by atoms with Crippen LogP contribution in [0.2, 0.25) is 0 Å². The van der Waals surface area contributed by atoms with Gasteiger partial charge in [-0.3, -0.25) is 5.10 Å². The fourth-order valence-corrected chi connectivity index (χ4v) is 4.81. The van der Waals surface area contributed by atoms with Crippen molar-refractivity contribution < 1.29 is 12.9 Å². The van der Waals surface area contributed by atoms with Crippen LogP contribution in [0.3, 0.4) is 0 Å². The molecule has 7 nitrogen and oxygen atoms in total. The van der Waals surface area contributed by atoms with Crippen molar-refractivity contribution in [3.63, 3.8) is 0 Å². The molecule has 1 fully saturated rings. The summed E-state index contributed by atoms with van der Waals surface area (Å²) in [5.74, 6) is 0.0450. The molecule has 0 unspecified atom stereocenters. The second kappa shape index (κ2) is 6.03. The summed E-state index contributed by atoms with van der Waals surface area (Å²) in [6.07, 6.45) is 5.42. The van der Waals surface area contributed by atoms with Crippen molar-refractivity contribution in [1.82, 2.24) is 19.7 Å².